The van der Waals surface area contributed by atoms with E-state index in [1.54, 1.807) is 14.1 Å². The molecule has 0 aromatic carbocycles. The minimum Gasteiger partial charge on any atom is -0.341 e. The monoisotopic (exact) mass is 342 g/mol. The van der Waals surface area contributed by atoms with Gasteiger partial charge in [-0.05, 0) is 54.4 Å². The predicted octanol–water partition coefficient (Wildman–Crippen LogP) is 3.43. The smallest absolute Gasteiger partial charge is 0.317 e. The summed E-state index contributed by atoms with van der Waals surface area (Å²) in [5.41, 5.74) is -0.356. The Hall–Kier alpha value is -1.46. The highest BCUT2D eigenvalue weighted by molar-refractivity contribution is 5.75. The zero-order chi connectivity index (χ0) is 19.0. The standard InChI is InChI=1S/C18H38N4O2/c1-17(2,3)21(15(23)19-7)13-11-9-10-12-14-22(16(24)20-8)18(4,5)6/h9-14H2,1-8H3,(H,19,23)(H,20,24). The minimum atomic E-state index is -0.178. The number of urea groups is 2. The van der Waals surface area contributed by atoms with Crippen molar-refractivity contribution in [1.82, 2.24) is 20.4 Å². The summed E-state index contributed by atoms with van der Waals surface area (Å²) < 4.78 is 0. The molecule has 0 heterocycles. The third-order valence-electron chi connectivity index (χ3n) is 4.05. The first-order valence-corrected chi connectivity index (χ1v) is 8.94. The molecule has 4 amide bonds. The molecule has 0 aliphatic rings. The highest BCUT2D eigenvalue weighted by atomic mass is 16.2. The molecule has 24 heavy (non-hydrogen) atoms. The summed E-state index contributed by atoms with van der Waals surface area (Å²) in [6, 6.07) is -0.0537. The summed E-state index contributed by atoms with van der Waals surface area (Å²) in [6.45, 7) is 13.8. The second-order valence-electron chi connectivity index (χ2n) is 8.17. The van der Waals surface area contributed by atoms with Gasteiger partial charge in [-0.2, -0.15) is 0 Å². The first kappa shape index (κ1) is 22.5. The van der Waals surface area contributed by atoms with Gasteiger partial charge in [0.15, 0.2) is 0 Å². The number of rotatable bonds is 7. The number of amides is 4. The third-order valence-corrected chi connectivity index (χ3v) is 4.05. The van der Waals surface area contributed by atoms with E-state index in [0.29, 0.717) is 0 Å². The van der Waals surface area contributed by atoms with Crippen LogP contribution in [0.3, 0.4) is 0 Å². The van der Waals surface area contributed by atoms with E-state index in [0.717, 1.165) is 38.8 Å². The largest absolute Gasteiger partial charge is 0.341 e. The maximum Gasteiger partial charge on any atom is 0.317 e. The van der Waals surface area contributed by atoms with E-state index in [1.165, 1.54) is 0 Å². The van der Waals surface area contributed by atoms with Gasteiger partial charge in [-0.15, -0.1) is 0 Å². The lowest BCUT2D eigenvalue weighted by Crippen LogP contribution is -2.50. The van der Waals surface area contributed by atoms with Crippen LogP contribution in [0.1, 0.15) is 67.2 Å². The molecule has 0 fully saturated rings. The van der Waals surface area contributed by atoms with Crippen LogP contribution >= 0.6 is 0 Å². The fourth-order valence-corrected chi connectivity index (χ4v) is 2.65. The van der Waals surface area contributed by atoms with E-state index in [1.807, 2.05) is 51.3 Å². The highest BCUT2D eigenvalue weighted by Gasteiger charge is 2.26. The molecule has 0 unspecified atom stereocenters. The van der Waals surface area contributed by atoms with Crippen molar-refractivity contribution in [1.29, 1.82) is 0 Å². The normalized spacial score (nSPS) is 11.8. The highest BCUT2D eigenvalue weighted by Crippen LogP contribution is 2.17. The Kier molecular flexibility index (Phi) is 9.15. The van der Waals surface area contributed by atoms with E-state index in [2.05, 4.69) is 10.6 Å². The molecule has 0 spiro atoms. The van der Waals surface area contributed by atoms with Crippen LogP contribution in [0.25, 0.3) is 0 Å². The lowest BCUT2D eigenvalue weighted by molar-refractivity contribution is 0.140. The summed E-state index contributed by atoms with van der Waals surface area (Å²) in [5.74, 6) is 0. The number of hydrogen-bond acceptors (Lipinski definition) is 2. The van der Waals surface area contributed by atoms with Crippen molar-refractivity contribution in [3.05, 3.63) is 0 Å². The Balaban J connectivity index is 4.25. The molecule has 142 valence electrons. The van der Waals surface area contributed by atoms with Crippen LogP contribution < -0.4 is 10.6 Å². The Morgan fingerprint density at radius 1 is 0.667 bits per heavy atom. The average Bonchev–Trinajstić information content (AvgIpc) is 2.46. The zero-order valence-corrected chi connectivity index (χ0v) is 17.0. The molecule has 0 rings (SSSR count). The molecular formula is C18H38N4O2. The number of carbonyl (C=O) groups excluding carboxylic acids is 2. The van der Waals surface area contributed by atoms with Crippen molar-refractivity contribution in [2.45, 2.75) is 78.3 Å². The summed E-state index contributed by atoms with van der Waals surface area (Å²) >= 11 is 0. The van der Waals surface area contributed by atoms with Gasteiger partial charge < -0.3 is 20.4 Å². The molecule has 0 aliphatic carbocycles. The number of hydrogen-bond donors (Lipinski definition) is 2. The number of nitrogens with zero attached hydrogens (tertiary/aromatic N) is 2. The topological polar surface area (TPSA) is 64.7 Å². The Morgan fingerprint density at radius 3 is 1.17 bits per heavy atom. The van der Waals surface area contributed by atoms with Crippen molar-refractivity contribution in [3.63, 3.8) is 0 Å². The van der Waals surface area contributed by atoms with Gasteiger partial charge >= 0.3 is 12.1 Å². The zero-order valence-electron chi connectivity index (χ0n) is 17.0. The second-order valence-corrected chi connectivity index (χ2v) is 8.17. The molecule has 2 N–H and O–H groups in total. The minimum absolute atomic E-state index is 0.0268. The summed E-state index contributed by atoms with van der Waals surface area (Å²) in [4.78, 5) is 27.6. The summed E-state index contributed by atoms with van der Waals surface area (Å²) in [6.07, 6.45) is 4.05. The quantitative estimate of drug-likeness (QED) is 0.696. The van der Waals surface area contributed by atoms with Crippen LogP contribution in [0, 0.1) is 0 Å². The Bertz CT molecular complexity index is 359. The van der Waals surface area contributed by atoms with E-state index < -0.39 is 0 Å². The lowest BCUT2D eigenvalue weighted by atomic mass is 10.0. The van der Waals surface area contributed by atoms with Crippen molar-refractivity contribution >= 4 is 12.1 Å². The summed E-state index contributed by atoms with van der Waals surface area (Å²) in [7, 11) is 3.34. The van der Waals surface area contributed by atoms with Crippen LogP contribution in [0.5, 0.6) is 0 Å². The van der Waals surface area contributed by atoms with E-state index in [4.69, 9.17) is 0 Å². The average molecular weight is 343 g/mol. The van der Waals surface area contributed by atoms with E-state index >= 15 is 0 Å². The number of nitrogens with one attached hydrogen (secondary N) is 2. The van der Waals surface area contributed by atoms with Crippen LogP contribution in [0.2, 0.25) is 0 Å². The van der Waals surface area contributed by atoms with Crippen molar-refractivity contribution in [2.24, 2.45) is 0 Å². The van der Waals surface area contributed by atoms with Crippen LogP contribution in [-0.2, 0) is 0 Å². The first-order chi connectivity index (χ1) is 10.9. The van der Waals surface area contributed by atoms with Gasteiger partial charge in [0.2, 0.25) is 0 Å². The Morgan fingerprint density at radius 2 is 0.958 bits per heavy atom. The van der Waals surface area contributed by atoms with Gasteiger partial charge in [-0.25, -0.2) is 9.59 Å². The number of unbranched alkanes of at least 4 members (excludes halogenated alkanes) is 3. The molecule has 0 saturated carbocycles. The predicted molar refractivity (Wildman–Crippen MR) is 100 cm³/mol. The second kappa shape index (κ2) is 9.74. The van der Waals surface area contributed by atoms with Gasteiger partial charge in [0.25, 0.3) is 0 Å². The molecule has 0 radical (unpaired) electrons. The molecule has 0 aliphatic heterocycles. The Labute approximate surface area is 148 Å². The number of carbonyl (C=O) groups is 2. The molecule has 0 atom stereocenters. The van der Waals surface area contributed by atoms with E-state index in [9.17, 15) is 9.59 Å². The molecule has 0 bridgehead atoms. The molecule has 0 saturated heterocycles. The van der Waals surface area contributed by atoms with Crippen LogP contribution in [-0.4, -0.2) is 60.1 Å². The van der Waals surface area contributed by atoms with Crippen molar-refractivity contribution in [3.8, 4) is 0 Å². The molecule has 6 heteroatoms. The van der Waals surface area contributed by atoms with E-state index in [-0.39, 0.29) is 23.1 Å². The molecule has 6 nitrogen and oxygen atoms in total. The van der Waals surface area contributed by atoms with Gasteiger partial charge in [-0.1, -0.05) is 12.8 Å². The summed E-state index contributed by atoms with van der Waals surface area (Å²) in [5, 5.41) is 5.42. The van der Waals surface area contributed by atoms with Crippen molar-refractivity contribution in [2.75, 3.05) is 27.2 Å². The van der Waals surface area contributed by atoms with Crippen LogP contribution in [0.4, 0.5) is 9.59 Å². The van der Waals surface area contributed by atoms with Crippen molar-refractivity contribution < 1.29 is 9.59 Å². The SMILES string of the molecule is CNC(=O)N(CCCCCCN(C(=O)NC)C(C)(C)C)C(C)(C)C. The fourth-order valence-electron chi connectivity index (χ4n) is 2.65. The van der Waals surface area contributed by atoms with Gasteiger partial charge in [0, 0.05) is 38.3 Å². The molecule has 0 aromatic rings. The third kappa shape index (κ3) is 7.88. The fraction of sp³-hybridized carbons (Fsp3) is 0.889. The van der Waals surface area contributed by atoms with Crippen LogP contribution in [0.15, 0.2) is 0 Å². The molecule has 0 aromatic heterocycles. The maximum atomic E-state index is 11.9. The maximum absolute atomic E-state index is 11.9. The van der Waals surface area contributed by atoms with Gasteiger partial charge in [-0.3, -0.25) is 0 Å². The van der Waals surface area contributed by atoms with Gasteiger partial charge in [0.05, 0.1) is 0 Å². The first-order valence-electron chi connectivity index (χ1n) is 8.94. The van der Waals surface area contributed by atoms with Gasteiger partial charge in [0.1, 0.15) is 0 Å². The molecular weight excluding hydrogens is 304 g/mol. The lowest BCUT2D eigenvalue weighted by Gasteiger charge is -2.36.